The van der Waals surface area contributed by atoms with Crippen LogP contribution in [0.2, 0.25) is 10.0 Å². The van der Waals surface area contributed by atoms with Gasteiger partial charge in [0.1, 0.15) is 0 Å². The summed E-state index contributed by atoms with van der Waals surface area (Å²) >= 11 is 17.1. The fourth-order valence-electron chi connectivity index (χ4n) is 1.02. The van der Waals surface area contributed by atoms with Gasteiger partial charge < -0.3 is 11.1 Å². The molecule has 0 unspecified atom stereocenters. The SMILES string of the molecule is C=C(Cl)CNC(=O)c1cc(N)c(Cl)c(Cl)c1. The number of halogens is 3. The van der Waals surface area contributed by atoms with Crippen LogP contribution >= 0.6 is 34.8 Å². The van der Waals surface area contributed by atoms with Crippen LogP contribution in [0.3, 0.4) is 0 Å². The Balaban J connectivity index is 2.88. The molecule has 0 aromatic heterocycles. The minimum absolute atomic E-state index is 0.181. The molecule has 0 aliphatic rings. The van der Waals surface area contributed by atoms with E-state index < -0.39 is 0 Å². The molecule has 0 radical (unpaired) electrons. The lowest BCUT2D eigenvalue weighted by Gasteiger charge is -2.07. The largest absolute Gasteiger partial charge is 0.397 e. The predicted molar refractivity (Wildman–Crippen MR) is 68.2 cm³/mol. The first kappa shape index (κ1) is 13.2. The van der Waals surface area contributed by atoms with Crippen LogP contribution in [0.25, 0.3) is 0 Å². The van der Waals surface area contributed by atoms with Crippen LogP contribution in [0.1, 0.15) is 10.4 Å². The van der Waals surface area contributed by atoms with Crippen molar-refractivity contribution in [2.45, 2.75) is 0 Å². The fraction of sp³-hybridized carbons (Fsp3) is 0.100. The third-order valence-corrected chi connectivity index (χ3v) is 2.71. The quantitative estimate of drug-likeness (QED) is 0.836. The van der Waals surface area contributed by atoms with Gasteiger partial charge in [-0.15, -0.1) is 0 Å². The number of hydrogen-bond donors (Lipinski definition) is 2. The second kappa shape index (κ2) is 5.43. The zero-order valence-electron chi connectivity index (χ0n) is 8.19. The summed E-state index contributed by atoms with van der Waals surface area (Å²) in [7, 11) is 0. The second-order valence-electron chi connectivity index (χ2n) is 3.06. The molecule has 6 heteroatoms. The van der Waals surface area contributed by atoms with E-state index in [1.165, 1.54) is 12.1 Å². The maximum atomic E-state index is 11.6. The number of carbonyl (C=O) groups excluding carboxylic acids is 1. The maximum absolute atomic E-state index is 11.6. The number of amides is 1. The summed E-state index contributed by atoms with van der Waals surface area (Å²) in [5, 5.41) is 3.35. The summed E-state index contributed by atoms with van der Waals surface area (Å²) in [6.07, 6.45) is 0. The summed E-state index contributed by atoms with van der Waals surface area (Å²) in [6, 6.07) is 2.88. The van der Waals surface area contributed by atoms with Crippen molar-refractivity contribution in [2.75, 3.05) is 12.3 Å². The first-order valence-electron chi connectivity index (χ1n) is 4.28. The van der Waals surface area contributed by atoms with Crippen LogP contribution in [-0.2, 0) is 0 Å². The number of hydrogen-bond acceptors (Lipinski definition) is 2. The van der Waals surface area contributed by atoms with Gasteiger partial charge in [-0.1, -0.05) is 41.4 Å². The molecule has 1 aromatic carbocycles. The number of nitrogen functional groups attached to an aromatic ring is 1. The van der Waals surface area contributed by atoms with Gasteiger partial charge in [0.15, 0.2) is 0 Å². The number of nitrogens with one attached hydrogen (secondary N) is 1. The molecule has 0 spiro atoms. The molecule has 16 heavy (non-hydrogen) atoms. The van der Waals surface area contributed by atoms with Crippen molar-refractivity contribution >= 4 is 46.4 Å². The van der Waals surface area contributed by atoms with Gasteiger partial charge in [-0.2, -0.15) is 0 Å². The predicted octanol–water partition coefficient (Wildman–Crippen LogP) is 3.06. The van der Waals surface area contributed by atoms with Crippen molar-refractivity contribution in [3.8, 4) is 0 Å². The molecular formula is C10H9Cl3N2O. The highest BCUT2D eigenvalue weighted by molar-refractivity contribution is 6.43. The highest BCUT2D eigenvalue weighted by Crippen LogP contribution is 2.29. The molecule has 3 nitrogen and oxygen atoms in total. The van der Waals surface area contributed by atoms with Crippen LogP contribution in [0, 0.1) is 0 Å². The Kier molecular flexibility index (Phi) is 4.47. The second-order valence-corrected chi connectivity index (χ2v) is 4.38. The molecule has 1 rings (SSSR count). The highest BCUT2D eigenvalue weighted by atomic mass is 35.5. The number of carbonyl (C=O) groups is 1. The number of benzene rings is 1. The van der Waals surface area contributed by atoms with Crippen molar-refractivity contribution in [3.05, 3.63) is 39.4 Å². The van der Waals surface area contributed by atoms with Crippen LogP contribution in [-0.4, -0.2) is 12.5 Å². The molecule has 0 fully saturated rings. The summed E-state index contributed by atoms with van der Waals surface area (Å²) in [4.78, 5) is 11.6. The molecule has 1 amide bonds. The summed E-state index contributed by atoms with van der Waals surface area (Å²) in [5.74, 6) is -0.341. The molecule has 0 saturated carbocycles. The minimum Gasteiger partial charge on any atom is -0.397 e. The molecule has 0 heterocycles. The van der Waals surface area contributed by atoms with E-state index in [1.54, 1.807) is 0 Å². The normalized spacial score (nSPS) is 9.94. The van der Waals surface area contributed by atoms with E-state index in [0.29, 0.717) is 10.6 Å². The molecular weight excluding hydrogens is 270 g/mol. The summed E-state index contributed by atoms with van der Waals surface area (Å²) in [6.45, 7) is 3.63. The van der Waals surface area contributed by atoms with Gasteiger partial charge in [0.25, 0.3) is 5.91 Å². The monoisotopic (exact) mass is 278 g/mol. The van der Waals surface area contributed by atoms with Crippen LogP contribution < -0.4 is 11.1 Å². The molecule has 1 aromatic rings. The van der Waals surface area contributed by atoms with Crippen molar-refractivity contribution in [1.29, 1.82) is 0 Å². The molecule has 0 saturated heterocycles. The first-order valence-corrected chi connectivity index (χ1v) is 5.41. The van der Waals surface area contributed by atoms with Gasteiger partial charge in [-0.25, -0.2) is 0 Å². The molecule has 86 valence electrons. The lowest BCUT2D eigenvalue weighted by molar-refractivity contribution is 0.0957. The van der Waals surface area contributed by atoms with Gasteiger partial charge in [-0.05, 0) is 12.1 Å². The topological polar surface area (TPSA) is 55.1 Å². The van der Waals surface area contributed by atoms with Crippen LogP contribution in [0.5, 0.6) is 0 Å². The Morgan fingerprint density at radius 3 is 2.56 bits per heavy atom. The van der Waals surface area contributed by atoms with Crippen molar-refractivity contribution in [1.82, 2.24) is 5.32 Å². The van der Waals surface area contributed by atoms with Crippen molar-refractivity contribution < 1.29 is 4.79 Å². The van der Waals surface area contributed by atoms with Crippen LogP contribution in [0.4, 0.5) is 5.69 Å². The van der Waals surface area contributed by atoms with Gasteiger partial charge >= 0.3 is 0 Å². The van der Waals surface area contributed by atoms with Crippen molar-refractivity contribution in [3.63, 3.8) is 0 Å². The summed E-state index contributed by atoms with van der Waals surface area (Å²) < 4.78 is 0. The summed E-state index contributed by atoms with van der Waals surface area (Å²) in [5.41, 5.74) is 6.15. The molecule has 0 aliphatic heterocycles. The average Bonchev–Trinajstić information content (AvgIpc) is 2.21. The maximum Gasteiger partial charge on any atom is 0.251 e. The van der Waals surface area contributed by atoms with E-state index in [0.717, 1.165) is 0 Å². The zero-order chi connectivity index (χ0) is 12.3. The van der Waals surface area contributed by atoms with E-state index in [2.05, 4.69) is 11.9 Å². The molecule has 0 atom stereocenters. The highest BCUT2D eigenvalue weighted by Gasteiger charge is 2.10. The number of nitrogens with two attached hydrogens (primary N) is 1. The third-order valence-electron chi connectivity index (χ3n) is 1.76. The van der Waals surface area contributed by atoms with Gasteiger partial charge in [0, 0.05) is 10.6 Å². The van der Waals surface area contributed by atoms with Gasteiger partial charge in [-0.3, -0.25) is 4.79 Å². The van der Waals surface area contributed by atoms with E-state index >= 15 is 0 Å². The lowest BCUT2D eigenvalue weighted by Crippen LogP contribution is -2.24. The first-order chi connectivity index (χ1) is 7.41. The Labute approximate surface area is 108 Å². The lowest BCUT2D eigenvalue weighted by atomic mass is 10.2. The Hall–Kier alpha value is -0.900. The Morgan fingerprint density at radius 2 is 2.06 bits per heavy atom. The van der Waals surface area contributed by atoms with Crippen molar-refractivity contribution in [2.24, 2.45) is 0 Å². The third kappa shape index (κ3) is 3.30. The number of anilines is 1. The Bertz CT molecular complexity index is 423. The Morgan fingerprint density at radius 1 is 1.44 bits per heavy atom. The average molecular weight is 280 g/mol. The van der Waals surface area contributed by atoms with E-state index in [9.17, 15) is 4.79 Å². The van der Waals surface area contributed by atoms with Gasteiger partial charge in [0.2, 0.25) is 0 Å². The zero-order valence-corrected chi connectivity index (χ0v) is 10.5. The fourth-order valence-corrected chi connectivity index (χ4v) is 1.42. The minimum atomic E-state index is -0.341. The molecule has 3 N–H and O–H groups in total. The smallest absolute Gasteiger partial charge is 0.251 e. The number of rotatable bonds is 3. The van der Waals surface area contributed by atoms with E-state index in [-0.39, 0.29) is 28.2 Å². The van der Waals surface area contributed by atoms with E-state index in [1.807, 2.05) is 0 Å². The standard InChI is InChI=1S/C10H9Cl3N2O/c1-5(11)4-15-10(16)6-2-7(12)9(13)8(14)3-6/h2-3H,1,4,14H2,(H,15,16). The van der Waals surface area contributed by atoms with Crippen LogP contribution in [0.15, 0.2) is 23.7 Å². The van der Waals surface area contributed by atoms with E-state index in [4.69, 9.17) is 40.5 Å². The van der Waals surface area contributed by atoms with Gasteiger partial charge in [0.05, 0.1) is 22.3 Å². The molecule has 0 aliphatic carbocycles. The molecule has 0 bridgehead atoms.